The third-order valence-electron chi connectivity index (χ3n) is 2.39. The number of hydrogen-bond donors (Lipinski definition) is 2. The summed E-state index contributed by atoms with van der Waals surface area (Å²) in [6.07, 6.45) is 0. The maximum absolute atomic E-state index is 10.9. The molecule has 9 heteroatoms. The normalized spacial score (nSPS) is 13.7. The number of hydrogen-bond acceptors (Lipinski definition) is 6. The SMILES string of the molecule is C[C@](N)(C(=O)O)c1ccc([N+](=O)[O-])cc1[N+](=O)[O-]. The van der Waals surface area contributed by atoms with Crippen LogP contribution in [0.15, 0.2) is 18.2 Å². The first-order valence-electron chi connectivity index (χ1n) is 4.63. The molecule has 1 aromatic carbocycles. The summed E-state index contributed by atoms with van der Waals surface area (Å²) < 4.78 is 0. The lowest BCUT2D eigenvalue weighted by atomic mass is 9.91. The Morgan fingerprint density at radius 2 is 1.89 bits per heavy atom. The highest BCUT2D eigenvalue weighted by Gasteiger charge is 2.37. The van der Waals surface area contributed by atoms with Gasteiger partial charge < -0.3 is 10.8 Å². The minimum atomic E-state index is -2.00. The number of nitro groups is 2. The third kappa shape index (κ3) is 2.25. The van der Waals surface area contributed by atoms with E-state index in [9.17, 15) is 25.0 Å². The summed E-state index contributed by atoms with van der Waals surface area (Å²) in [6.45, 7) is 1.07. The Balaban J connectivity index is 3.51. The minimum absolute atomic E-state index is 0.300. The molecule has 1 atom stereocenters. The predicted octanol–water partition coefficient (Wildman–Crippen LogP) is 0.762. The lowest BCUT2D eigenvalue weighted by Gasteiger charge is -2.19. The molecule has 18 heavy (non-hydrogen) atoms. The second-order valence-corrected chi connectivity index (χ2v) is 3.72. The van der Waals surface area contributed by atoms with Crippen LogP contribution < -0.4 is 5.73 Å². The molecule has 0 unspecified atom stereocenters. The van der Waals surface area contributed by atoms with Gasteiger partial charge in [0.1, 0.15) is 5.54 Å². The van der Waals surface area contributed by atoms with E-state index in [0.717, 1.165) is 19.1 Å². The van der Waals surface area contributed by atoms with Crippen molar-refractivity contribution in [1.29, 1.82) is 0 Å². The van der Waals surface area contributed by atoms with E-state index in [-0.39, 0.29) is 5.56 Å². The highest BCUT2D eigenvalue weighted by molar-refractivity contribution is 5.82. The number of nitrogens with zero attached hydrogens (tertiary/aromatic N) is 2. The number of nitrogens with two attached hydrogens (primary N) is 1. The Morgan fingerprint density at radius 3 is 2.28 bits per heavy atom. The van der Waals surface area contributed by atoms with Gasteiger partial charge in [0.2, 0.25) is 0 Å². The van der Waals surface area contributed by atoms with Crippen LogP contribution in [0.1, 0.15) is 12.5 Å². The van der Waals surface area contributed by atoms with Crippen molar-refractivity contribution in [1.82, 2.24) is 0 Å². The summed E-state index contributed by atoms with van der Waals surface area (Å²) in [5, 5.41) is 30.2. The molecule has 0 saturated heterocycles. The quantitative estimate of drug-likeness (QED) is 0.595. The van der Waals surface area contributed by atoms with Crippen LogP contribution in [0.5, 0.6) is 0 Å². The van der Waals surface area contributed by atoms with Gasteiger partial charge in [-0.25, -0.2) is 4.79 Å². The van der Waals surface area contributed by atoms with Crippen molar-refractivity contribution >= 4 is 17.3 Å². The molecule has 0 aliphatic heterocycles. The van der Waals surface area contributed by atoms with Crippen LogP contribution in [-0.2, 0) is 10.3 Å². The molecule has 1 rings (SSSR count). The fourth-order valence-corrected chi connectivity index (χ4v) is 1.34. The first kappa shape index (κ1) is 13.5. The zero-order valence-corrected chi connectivity index (χ0v) is 9.19. The molecule has 96 valence electrons. The summed E-state index contributed by atoms with van der Waals surface area (Å²) in [5.74, 6) is -1.47. The number of benzene rings is 1. The van der Waals surface area contributed by atoms with Gasteiger partial charge in [0.25, 0.3) is 11.4 Å². The van der Waals surface area contributed by atoms with E-state index in [1.807, 2.05) is 0 Å². The van der Waals surface area contributed by atoms with Gasteiger partial charge in [-0.05, 0) is 13.0 Å². The molecule has 1 aromatic rings. The average molecular weight is 255 g/mol. The summed E-state index contributed by atoms with van der Waals surface area (Å²) in [6, 6.07) is 2.63. The molecule has 0 aliphatic rings. The Bertz CT molecular complexity index is 539. The van der Waals surface area contributed by atoms with Crippen molar-refractivity contribution in [2.24, 2.45) is 5.73 Å². The molecule has 0 heterocycles. The second kappa shape index (κ2) is 4.37. The van der Waals surface area contributed by atoms with Crippen LogP contribution in [0.2, 0.25) is 0 Å². The predicted molar refractivity (Wildman–Crippen MR) is 58.9 cm³/mol. The Kier molecular flexibility index (Phi) is 3.28. The van der Waals surface area contributed by atoms with E-state index in [1.165, 1.54) is 0 Å². The van der Waals surface area contributed by atoms with Crippen LogP contribution in [0.4, 0.5) is 11.4 Å². The number of rotatable bonds is 4. The van der Waals surface area contributed by atoms with E-state index in [2.05, 4.69) is 0 Å². The van der Waals surface area contributed by atoms with Gasteiger partial charge in [-0.15, -0.1) is 0 Å². The van der Waals surface area contributed by atoms with Crippen molar-refractivity contribution in [2.75, 3.05) is 0 Å². The largest absolute Gasteiger partial charge is 0.480 e. The second-order valence-electron chi connectivity index (χ2n) is 3.72. The highest BCUT2D eigenvalue weighted by atomic mass is 16.6. The first-order chi connectivity index (χ1) is 8.17. The molecule has 0 aromatic heterocycles. The zero-order valence-electron chi connectivity index (χ0n) is 9.19. The van der Waals surface area contributed by atoms with E-state index < -0.39 is 32.7 Å². The molecule has 0 saturated carbocycles. The Morgan fingerprint density at radius 1 is 1.33 bits per heavy atom. The summed E-state index contributed by atoms with van der Waals surface area (Å²) in [7, 11) is 0. The topological polar surface area (TPSA) is 150 Å². The lowest BCUT2D eigenvalue weighted by Crippen LogP contribution is -2.42. The van der Waals surface area contributed by atoms with Gasteiger partial charge in [0.15, 0.2) is 0 Å². The van der Waals surface area contributed by atoms with Crippen LogP contribution in [0.25, 0.3) is 0 Å². The van der Waals surface area contributed by atoms with Gasteiger partial charge in [0, 0.05) is 6.07 Å². The fraction of sp³-hybridized carbons (Fsp3) is 0.222. The van der Waals surface area contributed by atoms with Crippen molar-refractivity contribution in [3.63, 3.8) is 0 Å². The molecule has 0 amide bonds. The smallest absolute Gasteiger partial charge is 0.328 e. The van der Waals surface area contributed by atoms with Gasteiger partial charge in [-0.3, -0.25) is 20.2 Å². The highest BCUT2D eigenvalue weighted by Crippen LogP contribution is 2.31. The fourth-order valence-electron chi connectivity index (χ4n) is 1.34. The summed E-state index contributed by atoms with van der Waals surface area (Å²) in [5.41, 5.74) is 1.96. The van der Waals surface area contributed by atoms with Gasteiger partial charge in [0.05, 0.1) is 21.5 Å². The van der Waals surface area contributed by atoms with E-state index in [0.29, 0.717) is 6.07 Å². The van der Waals surface area contributed by atoms with Gasteiger partial charge >= 0.3 is 5.97 Å². The monoisotopic (exact) mass is 255 g/mol. The summed E-state index contributed by atoms with van der Waals surface area (Å²) in [4.78, 5) is 30.5. The van der Waals surface area contributed by atoms with Crippen molar-refractivity contribution in [3.05, 3.63) is 44.0 Å². The maximum Gasteiger partial charge on any atom is 0.328 e. The van der Waals surface area contributed by atoms with Crippen LogP contribution >= 0.6 is 0 Å². The Labute approximate surface area is 100 Å². The standard InChI is InChI=1S/C9H9N3O6/c1-9(10,8(13)14)6-3-2-5(11(15)16)4-7(6)12(17)18/h2-4H,10H2,1H3,(H,13,14)/t9-/m1/s1. The van der Waals surface area contributed by atoms with E-state index in [1.54, 1.807) is 0 Å². The van der Waals surface area contributed by atoms with Crippen molar-refractivity contribution < 1.29 is 19.7 Å². The lowest BCUT2D eigenvalue weighted by molar-refractivity contribution is -0.394. The summed E-state index contributed by atoms with van der Waals surface area (Å²) >= 11 is 0. The molecule has 0 bridgehead atoms. The van der Waals surface area contributed by atoms with Crippen LogP contribution in [0.3, 0.4) is 0 Å². The number of nitro benzene ring substituents is 2. The molecule has 0 fully saturated rings. The number of carboxylic acid groups (broad SMARTS) is 1. The average Bonchev–Trinajstić information content (AvgIpc) is 2.27. The number of carboxylic acids is 1. The molecule has 9 nitrogen and oxygen atoms in total. The number of aliphatic carboxylic acids is 1. The van der Waals surface area contributed by atoms with Gasteiger partial charge in [-0.1, -0.05) is 0 Å². The van der Waals surface area contributed by atoms with Crippen molar-refractivity contribution in [3.8, 4) is 0 Å². The molecular formula is C9H9N3O6. The molecule has 0 aliphatic carbocycles. The van der Waals surface area contributed by atoms with Crippen LogP contribution in [0, 0.1) is 20.2 Å². The molecular weight excluding hydrogens is 246 g/mol. The third-order valence-corrected chi connectivity index (χ3v) is 2.39. The Hall–Kier alpha value is -2.55. The molecule has 0 spiro atoms. The molecule has 3 N–H and O–H groups in total. The first-order valence-corrected chi connectivity index (χ1v) is 4.63. The minimum Gasteiger partial charge on any atom is -0.480 e. The maximum atomic E-state index is 10.9. The van der Waals surface area contributed by atoms with Gasteiger partial charge in [-0.2, -0.15) is 0 Å². The van der Waals surface area contributed by atoms with Crippen LogP contribution in [-0.4, -0.2) is 20.9 Å². The van der Waals surface area contributed by atoms with E-state index >= 15 is 0 Å². The molecule has 0 radical (unpaired) electrons. The van der Waals surface area contributed by atoms with Crippen molar-refractivity contribution in [2.45, 2.75) is 12.5 Å². The van der Waals surface area contributed by atoms with E-state index in [4.69, 9.17) is 10.8 Å². The number of non-ortho nitro benzene ring substituents is 1. The number of carbonyl (C=O) groups is 1. The zero-order chi connectivity index (χ0) is 14.1.